The van der Waals surface area contributed by atoms with Gasteiger partial charge in [0.05, 0.1) is 25.1 Å². The fourth-order valence-corrected chi connectivity index (χ4v) is 4.62. The predicted molar refractivity (Wildman–Crippen MR) is 137 cm³/mol. The van der Waals surface area contributed by atoms with Crippen molar-refractivity contribution in [3.05, 3.63) is 42.2 Å². The van der Waals surface area contributed by atoms with E-state index in [0.29, 0.717) is 23.2 Å². The van der Waals surface area contributed by atoms with Crippen molar-refractivity contribution in [3.8, 4) is 23.0 Å². The molecule has 0 amide bonds. The number of ether oxygens (including phenoxy) is 2. The molecule has 3 heterocycles. The normalized spacial score (nSPS) is 13.9. The van der Waals surface area contributed by atoms with Gasteiger partial charge in [-0.05, 0) is 36.0 Å². The standard InChI is InChI=1S/C24H26N6O4S/c1-33-19-10-15-16(11-20(19)34-2)28-22-21(15)23(27-13-26-22)29-5-7-30(8-6-29)24(35)25-12-14-3-4-17(31)18(32)9-14/h3-4,9-11,13,31-32H,5-8,12H2,1-2H3,(H,25,35)(H,26,27,28). The van der Waals surface area contributed by atoms with Crippen LogP contribution in [-0.4, -0.2) is 75.6 Å². The summed E-state index contributed by atoms with van der Waals surface area (Å²) in [7, 11) is 3.24. The van der Waals surface area contributed by atoms with Gasteiger partial charge in [-0.2, -0.15) is 0 Å². The van der Waals surface area contributed by atoms with Crippen molar-refractivity contribution in [3.63, 3.8) is 0 Å². The number of rotatable bonds is 5. The smallest absolute Gasteiger partial charge is 0.169 e. The number of hydrogen-bond acceptors (Lipinski definition) is 8. The monoisotopic (exact) mass is 494 g/mol. The summed E-state index contributed by atoms with van der Waals surface area (Å²) in [6.45, 7) is 3.41. The Hall–Kier alpha value is -3.99. The van der Waals surface area contributed by atoms with E-state index >= 15 is 0 Å². The van der Waals surface area contributed by atoms with Crippen LogP contribution in [0.15, 0.2) is 36.7 Å². The molecule has 0 atom stereocenters. The fraction of sp³-hybridized carbons (Fsp3) is 0.292. The molecule has 35 heavy (non-hydrogen) atoms. The largest absolute Gasteiger partial charge is 0.504 e. The second-order valence-corrected chi connectivity index (χ2v) is 8.64. The molecule has 0 bridgehead atoms. The maximum atomic E-state index is 9.68. The summed E-state index contributed by atoms with van der Waals surface area (Å²) in [5.41, 5.74) is 2.50. The summed E-state index contributed by atoms with van der Waals surface area (Å²) in [5.74, 6) is 1.89. The van der Waals surface area contributed by atoms with E-state index in [9.17, 15) is 10.2 Å². The molecule has 1 saturated heterocycles. The molecule has 11 heteroatoms. The Morgan fingerprint density at radius 2 is 1.77 bits per heavy atom. The van der Waals surface area contributed by atoms with Gasteiger partial charge < -0.3 is 39.8 Å². The number of anilines is 1. The summed E-state index contributed by atoms with van der Waals surface area (Å²) in [5, 5.41) is 25.0. The second kappa shape index (κ2) is 9.34. The van der Waals surface area contributed by atoms with Gasteiger partial charge in [-0.3, -0.25) is 0 Å². The molecule has 1 fully saturated rings. The van der Waals surface area contributed by atoms with Crippen LogP contribution >= 0.6 is 12.2 Å². The molecule has 1 aliphatic heterocycles. The summed E-state index contributed by atoms with van der Waals surface area (Å²) in [4.78, 5) is 16.8. The van der Waals surface area contributed by atoms with Crippen LogP contribution in [0.3, 0.4) is 0 Å². The lowest BCUT2D eigenvalue weighted by atomic mass is 10.1. The number of hydrogen-bond donors (Lipinski definition) is 4. The number of aromatic nitrogens is 3. The summed E-state index contributed by atoms with van der Waals surface area (Å²) >= 11 is 5.59. The van der Waals surface area contributed by atoms with Crippen molar-refractivity contribution >= 4 is 45.1 Å². The van der Waals surface area contributed by atoms with E-state index < -0.39 is 0 Å². The Morgan fingerprint density at radius 1 is 1.03 bits per heavy atom. The molecule has 0 spiro atoms. The minimum absolute atomic E-state index is 0.140. The van der Waals surface area contributed by atoms with Crippen LogP contribution in [0.4, 0.5) is 5.82 Å². The zero-order chi connectivity index (χ0) is 24.5. The number of nitrogens with one attached hydrogen (secondary N) is 2. The van der Waals surface area contributed by atoms with Gasteiger partial charge in [-0.15, -0.1) is 0 Å². The molecule has 10 nitrogen and oxygen atoms in total. The number of nitrogens with zero attached hydrogens (tertiary/aromatic N) is 4. The molecular formula is C24H26N6O4S. The second-order valence-electron chi connectivity index (χ2n) is 8.25. The predicted octanol–water partition coefficient (Wildman–Crippen LogP) is 2.74. The van der Waals surface area contributed by atoms with E-state index in [1.807, 2.05) is 12.1 Å². The van der Waals surface area contributed by atoms with Crippen molar-refractivity contribution in [2.45, 2.75) is 6.54 Å². The third kappa shape index (κ3) is 4.30. The summed E-state index contributed by atoms with van der Waals surface area (Å²) in [6.07, 6.45) is 1.58. The highest BCUT2D eigenvalue weighted by Crippen LogP contribution is 2.38. The molecule has 0 aliphatic carbocycles. The highest BCUT2D eigenvalue weighted by atomic mass is 32.1. The molecule has 2 aromatic carbocycles. The Kier molecular flexibility index (Phi) is 6.08. The third-order valence-electron chi connectivity index (χ3n) is 6.22. The minimum Gasteiger partial charge on any atom is -0.504 e. The van der Waals surface area contributed by atoms with Gasteiger partial charge in [0.25, 0.3) is 0 Å². The number of aromatic amines is 1. The van der Waals surface area contributed by atoms with Crippen LogP contribution < -0.4 is 19.7 Å². The van der Waals surface area contributed by atoms with Crippen molar-refractivity contribution in [2.24, 2.45) is 0 Å². The summed E-state index contributed by atoms with van der Waals surface area (Å²) in [6, 6.07) is 8.60. The number of benzene rings is 2. The van der Waals surface area contributed by atoms with Crippen LogP contribution in [0.5, 0.6) is 23.0 Å². The minimum atomic E-state index is -0.145. The number of H-pyrrole nitrogens is 1. The Morgan fingerprint density at radius 3 is 2.49 bits per heavy atom. The quantitative estimate of drug-likeness (QED) is 0.244. The van der Waals surface area contributed by atoms with Gasteiger partial charge in [-0.1, -0.05) is 6.07 Å². The average molecular weight is 495 g/mol. The van der Waals surface area contributed by atoms with Gasteiger partial charge in [0.2, 0.25) is 0 Å². The highest BCUT2D eigenvalue weighted by molar-refractivity contribution is 7.80. The van der Waals surface area contributed by atoms with E-state index in [0.717, 1.165) is 59.5 Å². The van der Waals surface area contributed by atoms with Crippen molar-refractivity contribution < 1.29 is 19.7 Å². The molecule has 0 unspecified atom stereocenters. The first-order valence-corrected chi connectivity index (χ1v) is 11.6. The summed E-state index contributed by atoms with van der Waals surface area (Å²) < 4.78 is 10.9. The van der Waals surface area contributed by atoms with E-state index in [1.54, 1.807) is 26.6 Å². The van der Waals surface area contributed by atoms with Crippen molar-refractivity contribution in [1.29, 1.82) is 0 Å². The van der Waals surface area contributed by atoms with Crippen LogP contribution in [-0.2, 0) is 6.54 Å². The van der Waals surface area contributed by atoms with Crippen LogP contribution in [0.1, 0.15) is 5.56 Å². The number of phenols is 2. The topological polar surface area (TPSA) is 119 Å². The number of piperazine rings is 1. The molecule has 182 valence electrons. The zero-order valence-corrected chi connectivity index (χ0v) is 20.2. The first kappa shape index (κ1) is 22.8. The molecule has 1 aliphatic rings. The van der Waals surface area contributed by atoms with Crippen LogP contribution in [0.2, 0.25) is 0 Å². The lowest BCUT2D eigenvalue weighted by Gasteiger charge is -2.37. The number of thiocarbonyl (C=S) groups is 1. The first-order chi connectivity index (χ1) is 17.0. The van der Waals surface area contributed by atoms with Gasteiger partial charge >= 0.3 is 0 Å². The Labute approximate surface area is 207 Å². The van der Waals surface area contributed by atoms with Gasteiger partial charge in [-0.25, -0.2) is 9.97 Å². The van der Waals surface area contributed by atoms with Crippen molar-refractivity contribution in [1.82, 2.24) is 25.2 Å². The number of phenolic OH excluding ortho intramolecular Hbond substituents is 2. The van der Waals surface area contributed by atoms with E-state index in [4.69, 9.17) is 21.7 Å². The van der Waals surface area contributed by atoms with Gasteiger partial charge in [0.1, 0.15) is 17.8 Å². The van der Waals surface area contributed by atoms with Crippen LogP contribution in [0, 0.1) is 0 Å². The van der Waals surface area contributed by atoms with Gasteiger partial charge in [0.15, 0.2) is 28.1 Å². The molecular weight excluding hydrogens is 468 g/mol. The molecule has 2 aromatic heterocycles. The lowest BCUT2D eigenvalue weighted by molar-refractivity contribution is 0.356. The maximum Gasteiger partial charge on any atom is 0.169 e. The average Bonchev–Trinajstić information content (AvgIpc) is 3.26. The van der Waals surface area contributed by atoms with E-state index in [2.05, 4.69) is 30.1 Å². The fourth-order valence-electron chi connectivity index (χ4n) is 4.37. The Balaban J connectivity index is 1.31. The third-order valence-corrected chi connectivity index (χ3v) is 6.63. The van der Waals surface area contributed by atoms with Crippen molar-refractivity contribution in [2.75, 3.05) is 45.3 Å². The van der Waals surface area contributed by atoms with Crippen LogP contribution in [0.25, 0.3) is 21.9 Å². The number of methoxy groups -OCH3 is 2. The van der Waals surface area contributed by atoms with E-state index in [1.165, 1.54) is 12.1 Å². The number of aromatic hydroxyl groups is 2. The molecule has 4 N–H and O–H groups in total. The lowest BCUT2D eigenvalue weighted by Crippen LogP contribution is -2.51. The van der Waals surface area contributed by atoms with Gasteiger partial charge in [0, 0.05) is 44.2 Å². The molecule has 0 saturated carbocycles. The zero-order valence-electron chi connectivity index (χ0n) is 19.4. The number of fused-ring (bicyclic) bond motifs is 3. The molecule has 0 radical (unpaired) electrons. The Bertz CT molecular complexity index is 1400. The molecule has 5 rings (SSSR count). The highest BCUT2D eigenvalue weighted by Gasteiger charge is 2.24. The van der Waals surface area contributed by atoms with E-state index in [-0.39, 0.29) is 11.5 Å². The molecule has 4 aromatic rings. The SMILES string of the molecule is COc1cc2[nH]c3ncnc(N4CCN(C(=S)NCc5ccc(O)c(O)c5)CC4)c3c2cc1OC. The maximum absolute atomic E-state index is 9.68. The first-order valence-electron chi connectivity index (χ1n) is 11.2.